The van der Waals surface area contributed by atoms with Crippen molar-refractivity contribution in [2.45, 2.75) is 6.23 Å². The summed E-state index contributed by atoms with van der Waals surface area (Å²) in [5, 5.41) is 2.09. The quantitative estimate of drug-likeness (QED) is 0.634. The first kappa shape index (κ1) is 7.28. The Kier molecular flexibility index (Phi) is 1.94. The van der Waals surface area contributed by atoms with E-state index < -0.39 is 0 Å². The molecule has 0 N–H and O–H groups in total. The molecule has 1 saturated heterocycles. The standard InChI is InChI=1S/C8H11NOS/c1-9-4-5-10-8(9)7-3-2-6-11-7/h2-3,6,8H,4-5H2,1H3. The van der Waals surface area contributed by atoms with E-state index in [1.807, 2.05) is 0 Å². The molecule has 2 rings (SSSR count). The Labute approximate surface area is 70.4 Å². The van der Waals surface area contributed by atoms with Crippen molar-refractivity contribution in [1.82, 2.24) is 4.90 Å². The molecule has 0 aromatic carbocycles. The zero-order valence-electron chi connectivity index (χ0n) is 6.49. The molecule has 0 amide bonds. The largest absolute Gasteiger partial charge is 0.357 e. The molecule has 1 unspecified atom stereocenters. The van der Waals surface area contributed by atoms with Crippen LogP contribution in [-0.2, 0) is 4.74 Å². The number of likely N-dealkylation sites (N-methyl/N-ethyl adjacent to an activating group) is 1. The maximum Gasteiger partial charge on any atom is 0.145 e. The predicted octanol–water partition coefficient (Wildman–Crippen LogP) is 1.71. The third kappa shape index (κ3) is 1.31. The van der Waals surface area contributed by atoms with E-state index in [1.165, 1.54) is 4.88 Å². The van der Waals surface area contributed by atoms with Crippen molar-refractivity contribution in [3.05, 3.63) is 22.4 Å². The fraction of sp³-hybridized carbons (Fsp3) is 0.500. The van der Waals surface area contributed by atoms with Crippen molar-refractivity contribution in [3.63, 3.8) is 0 Å². The van der Waals surface area contributed by atoms with Gasteiger partial charge in [-0.05, 0) is 18.5 Å². The Balaban J connectivity index is 2.16. The van der Waals surface area contributed by atoms with Gasteiger partial charge in [0, 0.05) is 11.4 Å². The molecule has 1 aromatic heterocycles. The third-order valence-corrected chi connectivity index (χ3v) is 2.81. The summed E-state index contributed by atoms with van der Waals surface area (Å²) in [5.41, 5.74) is 0. The zero-order valence-corrected chi connectivity index (χ0v) is 7.30. The molecular formula is C8H11NOS. The van der Waals surface area contributed by atoms with E-state index in [9.17, 15) is 0 Å². The van der Waals surface area contributed by atoms with E-state index in [2.05, 4.69) is 29.5 Å². The Bertz CT molecular complexity index is 222. The maximum absolute atomic E-state index is 5.55. The van der Waals surface area contributed by atoms with E-state index in [0.29, 0.717) is 0 Å². The number of thiophene rings is 1. The smallest absolute Gasteiger partial charge is 0.145 e. The van der Waals surface area contributed by atoms with Gasteiger partial charge in [-0.15, -0.1) is 11.3 Å². The van der Waals surface area contributed by atoms with Gasteiger partial charge in [0.2, 0.25) is 0 Å². The number of rotatable bonds is 1. The normalized spacial score (nSPS) is 26.1. The van der Waals surface area contributed by atoms with Crippen LogP contribution in [0.15, 0.2) is 17.5 Å². The first-order chi connectivity index (χ1) is 5.38. The molecule has 1 aliphatic rings. The molecule has 2 heterocycles. The third-order valence-electron chi connectivity index (χ3n) is 1.91. The lowest BCUT2D eigenvalue weighted by atomic mass is 10.4. The first-order valence-electron chi connectivity index (χ1n) is 3.73. The zero-order chi connectivity index (χ0) is 7.68. The predicted molar refractivity (Wildman–Crippen MR) is 45.6 cm³/mol. The molecular weight excluding hydrogens is 158 g/mol. The van der Waals surface area contributed by atoms with Gasteiger partial charge in [0.05, 0.1) is 6.61 Å². The van der Waals surface area contributed by atoms with Crippen molar-refractivity contribution < 1.29 is 4.74 Å². The van der Waals surface area contributed by atoms with Crippen LogP contribution in [-0.4, -0.2) is 25.1 Å². The second kappa shape index (κ2) is 2.93. The van der Waals surface area contributed by atoms with Crippen molar-refractivity contribution >= 4 is 11.3 Å². The molecule has 2 nitrogen and oxygen atoms in total. The van der Waals surface area contributed by atoms with Gasteiger partial charge in [-0.25, -0.2) is 0 Å². The molecule has 0 bridgehead atoms. The molecule has 0 aliphatic carbocycles. The Morgan fingerprint density at radius 2 is 2.64 bits per heavy atom. The second-order valence-corrected chi connectivity index (χ2v) is 3.70. The highest BCUT2D eigenvalue weighted by atomic mass is 32.1. The van der Waals surface area contributed by atoms with E-state index in [4.69, 9.17) is 4.74 Å². The lowest BCUT2D eigenvalue weighted by molar-refractivity contribution is 0.0484. The van der Waals surface area contributed by atoms with Gasteiger partial charge in [0.25, 0.3) is 0 Å². The maximum atomic E-state index is 5.55. The number of hydrogen-bond acceptors (Lipinski definition) is 3. The van der Waals surface area contributed by atoms with Crippen LogP contribution in [0.25, 0.3) is 0 Å². The molecule has 0 spiro atoms. The van der Waals surface area contributed by atoms with Gasteiger partial charge >= 0.3 is 0 Å². The topological polar surface area (TPSA) is 12.5 Å². The molecule has 60 valence electrons. The van der Waals surface area contributed by atoms with Gasteiger partial charge in [-0.2, -0.15) is 0 Å². The highest BCUT2D eigenvalue weighted by Crippen LogP contribution is 2.28. The van der Waals surface area contributed by atoms with E-state index in [1.54, 1.807) is 11.3 Å². The monoisotopic (exact) mass is 169 g/mol. The van der Waals surface area contributed by atoms with Gasteiger partial charge < -0.3 is 4.74 Å². The molecule has 3 heteroatoms. The number of ether oxygens (including phenoxy) is 1. The van der Waals surface area contributed by atoms with E-state index in [0.717, 1.165) is 13.2 Å². The van der Waals surface area contributed by atoms with Crippen molar-refractivity contribution in [2.24, 2.45) is 0 Å². The first-order valence-corrected chi connectivity index (χ1v) is 4.61. The molecule has 11 heavy (non-hydrogen) atoms. The molecule has 1 fully saturated rings. The average molecular weight is 169 g/mol. The van der Waals surface area contributed by atoms with Crippen molar-refractivity contribution in [1.29, 1.82) is 0 Å². The minimum absolute atomic E-state index is 0.218. The Morgan fingerprint density at radius 1 is 1.73 bits per heavy atom. The minimum Gasteiger partial charge on any atom is -0.357 e. The van der Waals surface area contributed by atoms with Gasteiger partial charge in [0.1, 0.15) is 6.23 Å². The molecule has 1 atom stereocenters. The Morgan fingerprint density at radius 3 is 3.18 bits per heavy atom. The van der Waals surface area contributed by atoms with Crippen LogP contribution in [0, 0.1) is 0 Å². The van der Waals surface area contributed by atoms with E-state index in [-0.39, 0.29) is 6.23 Å². The molecule has 0 radical (unpaired) electrons. The van der Waals surface area contributed by atoms with Crippen LogP contribution in [0.2, 0.25) is 0 Å². The van der Waals surface area contributed by atoms with Gasteiger partial charge in [-0.3, -0.25) is 4.90 Å². The van der Waals surface area contributed by atoms with Crippen LogP contribution in [0.5, 0.6) is 0 Å². The fourth-order valence-corrected chi connectivity index (χ4v) is 2.12. The van der Waals surface area contributed by atoms with Crippen LogP contribution in [0.4, 0.5) is 0 Å². The lowest BCUT2D eigenvalue weighted by Crippen LogP contribution is -2.17. The number of hydrogen-bond donors (Lipinski definition) is 0. The SMILES string of the molecule is CN1CCOC1c1cccs1. The Hall–Kier alpha value is -0.380. The highest BCUT2D eigenvalue weighted by Gasteiger charge is 2.23. The van der Waals surface area contributed by atoms with Crippen molar-refractivity contribution in [2.75, 3.05) is 20.2 Å². The van der Waals surface area contributed by atoms with Gasteiger partial charge in [-0.1, -0.05) is 6.07 Å². The highest BCUT2D eigenvalue weighted by molar-refractivity contribution is 7.10. The summed E-state index contributed by atoms with van der Waals surface area (Å²) < 4.78 is 5.55. The second-order valence-electron chi connectivity index (χ2n) is 2.72. The summed E-state index contributed by atoms with van der Waals surface area (Å²) in [6.07, 6.45) is 0.218. The fourth-order valence-electron chi connectivity index (χ4n) is 1.28. The molecule has 0 saturated carbocycles. The van der Waals surface area contributed by atoms with Crippen LogP contribution in [0.1, 0.15) is 11.1 Å². The number of nitrogens with zero attached hydrogens (tertiary/aromatic N) is 1. The summed E-state index contributed by atoms with van der Waals surface area (Å²) in [6.45, 7) is 1.90. The van der Waals surface area contributed by atoms with Crippen LogP contribution < -0.4 is 0 Å². The molecule has 1 aliphatic heterocycles. The summed E-state index contributed by atoms with van der Waals surface area (Å²) in [6, 6.07) is 4.19. The van der Waals surface area contributed by atoms with Crippen LogP contribution in [0.3, 0.4) is 0 Å². The molecule has 1 aromatic rings. The van der Waals surface area contributed by atoms with Crippen molar-refractivity contribution in [3.8, 4) is 0 Å². The average Bonchev–Trinajstić information content (AvgIpc) is 2.55. The van der Waals surface area contributed by atoms with E-state index >= 15 is 0 Å². The minimum atomic E-state index is 0.218. The lowest BCUT2D eigenvalue weighted by Gasteiger charge is -2.15. The summed E-state index contributed by atoms with van der Waals surface area (Å²) in [7, 11) is 2.09. The van der Waals surface area contributed by atoms with Gasteiger partial charge in [0.15, 0.2) is 0 Å². The summed E-state index contributed by atoms with van der Waals surface area (Å²) >= 11 is 1.76. The van der Waals surface area contributed by atoms with Crippen LogP contribution >= 0.6 is 11.3 Å². The summed E-state index contributed by atoms with van der Waals surface area (Å²) in [5.74, 6) is 0. The summed E-state index contributed by atoms with van der Waals surface area (Å²) in [4.78, 5) is 3.54.